The molecule has 0 saturated heterocycles. The van der Waals surface area contributed by atoms with Gasteiger partial charge in [0.25, 0.3) is 10.0 Å². The normalized spacial score (nSPS) is 11.2. The van der Waals surface area contributed by atoms with E-state index in [0.29, 0.717) is 21.6 Å². The zero-order valence-electron chi connectivity index (χ0n) is 10.9. The van der Waals surface area contributed by atoms with Gasteiger partial charge in [-0.3, -0.25) is 4.72 Å². The van der Waals surface area contributed by atoms with E-state index in [1.54, 1.807) is 18.2 Å². The minimum atomic E-state index is -3.76. The highest BCUT2D eigenvalue weighted by Crippen LogP contribution is 2.32. The molecule has 5 nitrogen and oxygen atoms in total. The fraction of sp³-hybridized carbons (Fsp3) is 0.0769. The van der Waals surface area contributed by atoms with Gasteiger partial charge < -0.3 is 10.5 Å². The van der Waals surface area contributed by atoms with E-state index >= 15 is 0 Å². The Morgan fingerprint density at radius 2 is 1.86 bits per heavy atom. The molecule has 0 aliphatic heterocycles. The van der Waals surface area contributed by atoms with Gasteiger partial charge in [-0.25, -0.2) is 8.42 Å². The summed E-state index contributed by atoms with van der Waals surface area (Å²) >= 11 is 6.50. The summed E-state index contributed by atoms with van der Waals surface area (Å²) in [4.78, 5) is 0.0960. The van der Waals surface area contributed by atoms with Crippen molar-refractivity contribution < 1.29 is 13.2 Å². The van der Waals surface area contributed by atoms with E-state index in [1.807, 2.05) is 0 Å². The molecule has 0 aliphatic carbocycles. The lowest BCUT2D eigenvalue weighted by Gasteiger charge is -2.13. The third kappa shape index (κ3) is 3.69. The van der Waals surface area contributed by atoms with Crippen LogP contribution in [0.25, 0.3) is 0 Å². The first-order chi connectivity index (χ1) is 9.83. The van der Waals surface area contributed by atoms with Crippen LogP contribution in [0.15, 0.2) is 50.2 Å². The van der Waals surface area contributed by atoms with Gasteiger partial charge in [-0.05, 0) is 52.3 Å². The predicted octanol–water partition coefficient (Wildman–Crippen LogP) is 3.60. The summed E-state index contributed by atoms with van der Waals surface area (Å²) in [6.45, 7) is 0. The van der Waals surface area contributed by atoms with Gasteiger partial charge in [0.2, 0.25) is 0 Å². The first-order valence-corrected chi connectivity index (χ1v) is 8.82. The molecule has 0 amide bonds. The van der Waals surface area contributed by atoms with Gasteiger partial charge in [-0.2, -0.15) is 0 Å². The largest absolute Gasteiger partial charge is 0.495 e. The SMILES string of the molecule is COc1ccc(Br)cc1NS(=O)(=O)c1ccc(N)cc1Br. The number of hydrogen-bond donors (Lipinski definition) is 2. The minimum absolute atomic E-state index is 0.0960. The Morgan fingerprint density at radius 1 is 1.14 bits per heavy atom. The molecule has 0 saturated carbocycles. The van der Waals surface area contributed by atoms with E-state index in [9.17, 15) is 8.42 Å². The van der Waals surface area contributed by atoms with Gasteiger partial charge in [0.05, 0.1) is 12.8 Å². The maximum atomic E-state index is 12.5. The molecule has 3 N–H and O–H groups in total. The molecule has 0 atom stereocenters. The maximum Gasteiger partial charge on any atom is 0.263 e. The van der Waals surface area contributed by atoms with Crippen molar-refractivity contribution in [3.05, 3.63) is 45.3 Å². The summed E-state index contributed by atoms with van der Waals surface area (Å²) in [6, 6.07) is 9.55. The number of benzene rings is 2. The van der Waals surface area contributed by atoms with Gasteiger partial charge in [-0.1, -0.05) is 15.9 Å². The second kappa shape index (κ2) is 6.25. The highest BCUT2D eigenvalue weighted by Gasteiger charge is 2.19. The second-order valence-corrected chi connectivity index (χ2v) is 7.56. The third-order valence-corrected chi connectivity index (χ3v) is 5.49. The lowest BCUT2D eigenvalue weighted by atomic mass is 10.3. The van der Waals surface area contributed by atoms with Crippen LogP contribution >= 0.6 is 31.9 Å². The second-order valence-electron chi connectivity index (χ2n) is 4.14. The Labute approximate surface area is 139 Å². The number of anilines is 2. The molecule has 8 heteroatoms. The molecule has 0 aromatic heterocycles. The molecule has 0 unspecified atom stereocenters. The number of nitrogens with one attached hydrogen (secondary N) is 1. The van der Waals surface area contributed by atoms with E-state index in [0.717, 1.165) is 4.47 Å². The standard InChI is InChI=1S/C13H12Br2N2O3S/c1-20-12-4-2-8(14)6-11(12)17-21(18,19)13-5-3-9(16)7-10(13)15/h2-7,17H,16H2,1H3. The van der Waals surface area contributed by atoms with E-state index in [2.05, 4.69) is 36.6 Å². The summed E-state index contributed by atoms with van der Waals surface area (Å²) in [5.74, 6) is 0.424. The first kappa shape index (κ1) is 16.1. The molecular formula is C13H12Br2N2O3S. The van der Waals surface area contributed by atoms with Crippen molar-refractivity contribution in [2.75, 3.05) is 17.6 Å². The zero-order valence-corrected chi connectivity index (χ0v) is 14.9. The van der Waals surface area contributed by atoms with Gasteiger partial charge >= 0.3 is 0 Å². The van der Waals surface area contributed by atoms with Crippen LogP contribution in [-0.2, 0) is 10.0 Å². The predicted molar refractivity (Wildman–Crippen MR) is 90.1 cm³/mol. The number of sulfonamides is 1. The van der Waals surface area contributed by atoms with Crippen molar-refractivity contribution in [2.24, 2.45) is 0 Å². The fourth-order valence-corrected chi connectivity index (χ4v) is 4.21. The van der Waals surface area contributed by atoms with Gasteiger partial charge in [0.1, 0.15) is 10.6 Å². The van der Waals surface area contributed by atoms with Crippen molar-refractivity contribution in [3.63, 3.8) is 0 Å². The molecule has 2 rings (SSSR count). The number of nitrogen functional groups attached to an aromatic ring is 1. The van der Waals surface area contributed by atoms with Crippen LogP contribution in [0, 0.1) is 0 Å². The summed E-state index contributed by atoms with van der Waals surface area (Å²) in [7, 11) is -2.29. The molecule has 0 radical (unpaired) electrons. The molecule has 0 bridgehead atoms. The lowest BCUT2D eigenvalue weighted by Crippen LogP contribution is -2.14. The van der Waals surface area contributed by atoms with Crippen molar-refractivity contribution in [1.82, 2.24) is 0 Å². The number of nitrogens with two attached hydrogens (primary N) is 1. The maximum absolute atomic E-state index is 12.5. The van der Waals surface area contributed by atoms with Gasteiger partial charge in [0, 0.05) is 14.6 Å². The highest BCUT2D eigenvalue weighted by molar-refractivity contribution is 9.10. The Morgan fingerprint density at radius 3 is 2.48 bits per heavy atom. The third-order valence-electron chi connectivity index (χ3n) is 2.65. The van der Waals surface area contributed by atoms with Crippen LogP contribution in [0.5, 0.6) is 5.75 Å². The van der Waals surface area contributed by atoms with Gasteiger partial charge in [-0.15, -0.1) is 0 Å². The number of methoxy groups -OCH3 is 1. The first-order valence-electron chi connectivity index (χ1n) is 5.75. The van der Waals surface area contributed by atoms with E-state index in [1.165, 1.54) is 25.3 Å². The lowest BCUT2D eigenvalue weighted by molar-refractivity contribution is 0.417. The van der Waals surface area contributed by atoms with Crippen LogP contribution in [-0.4, -0.2) is 15.5 Å². The molecule has 0 spiro atoms. The number of ether oxygens (including phenoxy) is 1. The fourth-order valence-electron chi connectivity index (χ4n) is 1.69. The molecular weight excluding hydrogens is 424 g/mol. The topological polar surface area (TPSA) is 81.4 Å². The molecule has 0 aliphatic rings. The average Bonchev–Trinajstić information content (AvgIpc) is 2.37. The highest BCUT2D eigenvalue weighted by atomic mass is 79.9. The van der Waals surface area contributed by atoms with Crippen LogP contribution in [0.1, 0.15) is 0 Å². The molecule has 112 valence electrons. The Kier molecular flexibility index (Phi) is 4.80. The monoisotopic (exact) mass is 434 g/mol. The van der Waals surface area contributed by atoms with Crippen LogP contribution in [0.2, 0.25) is 0 Å². The summed E-state index contributed by atoms with van der Waals surface area (Å²) in [6.07, 6.45) is 0. The van der Waals surface area contributed by atoms with Crippen molar-refractivity contribution in [1.29, 1.82) is 0 Å². The molecule has 0 fully saturated rings. The number of halogens is 2. The zero-order chi connectivity index (χ0) is 15.6. The smallest absolute Gasteiger partial charge is 0.263 e. The summed E-state index contributed by atoms with van der Waals surface area (Å²) < 4.78 is 33.7. The Hall–Kier alpha value is -1.25. The molecule has 21 heavy (non-hydrogen) atoms. The minimum Gasteiger partial charge on any atom is -0.495 e. The van der Waals surface area contributed by atoms with Crippen molar-refractivity contribution in [2.45, 2.75) is 4.90 Å². The number of rotatable bonds is 4. The average molecular weight is 436 g/mol. The van der Waals surface area contributed by atoms with E-state index in [4.69, 9.17) is 10.5 Å². The van der Waals surface area contributed by atoms with Gasteiger partial charge in [0.15, 0.2) is 0 Å². The van der Waals surface area contributed by atoms with Crippen molar-refractivity contribution >= 4 is 53.3 Å². The number of hydrogen-bond acceptors (Lipinski definition) is 4. The van der Waals surface area contributed by atoms with Crippen molar-refractivity contribution in [3.8, 4) is 5.75 Å². The van der Waals surface area contributed by atoms with Crippen LogP contribution < -0.4 is 15.2 Å². The van der Waals surface area contributed by atoms with E-state index < -0.39 is 10.0 Å². The van der Waals surface area contributed by atoms with E-state index in [-0.39, 0.29) is 4.90 Å². The molecule has 2 aromatic rings. The quantitative estimate of drug-likeness (QED) is 0.718. The van der Waals surface area contributed by atoms with Crippen LogP contribution in [0.3, 0.4) is 0 Å². The van der Waals surface area contributed by atoms with Crippen LogP contribution in [0.4, 0.5) is 11.4 Å². The summed E-state index contributed by atoms with van der Waals surface area (Å²) in [5.41, 5.74) is 6.43. The Bertz CT molecular complexity index is 779. The molecule has 0 heterocycles. The Balaban J connectivity index is 2.44. The molecule has 2 aromatic carbocycles. The summed E-state index contributed by atoms with van der Waals surface area (Å²) in [5, 5.41) is 0.